The van der Waals surface area contributed by atoms with Crippen LogP contribution in [0, 0.1) is 0 Å². The molecule has 0 bridgehead atoms. The molecule has 3 rings (SSSR count). The van der Waals surface area contributed by atoms with Crippen molar-refractivity contribution < 1.29 is 14.1 Å². The number of benzene rings is 2. The van der Waals surface area contributed by atoms with Crippen molar-refractivity contribution in [2.75, 3.05) is 6.61 Å². The SMILES string of the molecule is CCCCCC[n+]1c(C(=O)OCC)cc(-c2ccccc2)cc1-c1ccccc1. The quantitative estimate of drug-likeness (QED) is 0.253. The molecule has 3 nitrogen and oxygen atoms in total. The number of pyridine rings is 1. The van der Waals surface area contributed by atoms with Gasteiger partial charge >= 0.3 is 5.97 Å². The first-order valence-electron chi connectivity index (χ1n) is 10.6. The lowest BCUT2D eigenvalue weighted by atomic mass is 10.0. The lowest BCUT2D eigenvalue weighted by Crippen LogP contribution is -2.43. The van der Waals surface area contributed by atoms with Crippen molar-refractivity contribution in [2.24, 2.45) is 0 Å². The highest BCUT2D eigenvalue weighted by Gasteiger charge is 2.27. The molecule has 0 fully saturated rings. The Hall–Kier alpha value is -2.94. The van der Waals surface area contributed by atoms with Crippen LogP contribution in [0.2, 0.25) is 0 Å². The smallest absolute Gasteiger partial charge is 0.403 e. The average molecular weight is 389 g/mol. The van der Waals surface area contributed by atoms with Crippen molar-refractivity contribution in [3.63, 3.8) is 0 Å². The van der Waals surface area contributed by atoms with E-state index in [1.807, 2.05) is 49.4 Å². The van der Waals surface area contributed by atoms with Gasteiger partial charge < -0.3 is 4.74 Å². The van der Waals surface area contributed by atoms with E-state index in [4.69, 9.17) is 4.74 Å². The molecule has 2 aromatic carbocycles. The van der Waals surface area contributed by atoms with Crippen LogP contribution in [0.4, 0.5) is 0 Å². The van der Waals surface area contributed by atoms with E-state index in [1.54, 1.807) is 0 Å². The van der Waals surface area contributed by atoms with E-state index in [0.717, 1.165) is 41.8 Å². The highest BCUT2D eigenvalue weighted by molar-refractivity contribution is 5.88. The number of aromatic nitrogens is 1. The van der Waals surface area contributed by atoms with Crippen LogP contribution in [0.25, 0.3) is 22.4 Å². The second-order valence-electron chi connectivity index (χ2n) is 7.18. The molecule has 0 atom stereocenters. The number of hydrogen-bond donors (Lipinski definition) is 0. The molecule has 0 aliphatic heterocycles. The summed E-state index contributed by atoms with van der Waals surface area (Å²) >= 11 is 0. The molecule has 0 saturated carbocycles. The fourth-order valence-corrected chi connectivity index (χ4v) is 3.58. The van der Waals surface area contributed by atoms with Gasteiger partial charge in [-0.05, 0) is 36.6 Å². The minimum Gasteiger partial charge on any atom is -0.458 e. The maximum Gasteiger partial charge on any atom is 0.403 e. The molecule has 0 radical (unpaired) electrons. The molecule has 0 spiro atoms. The molecule has 1 heterocycles. The summed E-state index contributed by atoms with van der Waals surface area (Å²) in [4.78, 5) is 12.9. The molecule has 0 N–H and O–H groups in total. The first kappa shape index (κ1) is 20.8. The Labute approximate surface area is 174 Å². The van der Waals surface area contributed by atoms with E-state index in [0.29, 0.717) is 12.3 Å². The lowest BCUT2D eigenvalue weighted by Gasteiger charge is -2.12. The second kappa shape index (κ2) is 10.6. The summed E-state index contributed by atoms with van der Waals surface area (Å²) in [5.41, 5.74) is 4.88. The third kappa shape index (κ3) is 5.32. The Morgan fingerprint density at radius 3 is 2.07 bits per heavy atom. The number of rotatable bonds is 9. The van der Waals surface area contributed by atoms with Crippen molar-refractivity contribution in [3.05, 3.63) is 78.5 Å². The molecule has 0 unspecified atom stereocenters. The third-order valence-electron chi connectivity index (χ3n) is 5.06. The van der Waals surface area contributed by atoms with Crippen LogP contribution in [0.5, 0.6) is 0 Å². The monoisotopic (exact) mass is 388 g/mol. The van der Waals surface area contributed by atoms with E-state index in [2.05, 4.69) is 41.8 Å². The van der Waals surface area contributed by atoms with E-state index in [9.17, 15) is 4.79 Å². The van der Waals surface area contributed by atoms with Crippen molar-refractivity contribution in [1.29, 1.82) is 0 Å². The normalized spacial score (nSPS) is 10.7. The van der Waals surface area contributed by atoms with Crippen molar-refractivity contribution in [3.8, 4) is 22.4 Å². The van der Waals surface area contributed by atoms with Gasteiger partial charge in [0.2, 0.25) is 5.69 Å². The summed E-state index contributed by atoms with van der Waals surface area (Å²) in [5.74, 6) is -0.266. The predicted molar refractivity (Wildman–Crippen MR) is 118 cm³/mol. The van der Waals surface area contributed by atoms with Gasteiger partial charge in [-0.1, -0.05) is 68.3 Å². The standard InChI is InChI=1S/C26H30NO2/c1-3-5-6-13-18-27-24(22-16-11-8-12-17-22)19-23(21-14-9-7-10-15-21)20-25(27)26(28)29-4-2/h7-12,14-17,19-20H,3-6,13,18H2,1-2H3/q+1. The summed E-state index contributed by atoms with van der Waals surface area (Å²) in [5, 5.41) is 0. The predicted octanol–water partition coefficient (Wildman–Crippen LogP) is 6.07. The summed E-state index contributed by atoms with van der Waals surface area (Å²) in [6.07, 6.45) is 4.59. The molecule has 150 valence electrons. The topological polar surface area (TPSA) is 30.2 Å². The van der Waals surface area contributed by atoms with Crippen LogP contribution in [-0.2, 0) is 11.3 Å². The molecule has 0 aliphatic rings. The molecule has 3 aromatic rings. The number of carbonyl (C=O) groups excluding carboxylic acids is 1. The zero-order chi connectivity index (χ0) is 20.5. The third-order valence-corrected chi connectivity index (χ3v) is 5.06. The van der Waals surface area contributed by atoms with Gasteiger partial charge in [0.25, 0.3) is 5.69 Å². The van der Waals surface area contributed by atoms with Crippen LogP contribution in [0.1, 0.15) is 50.0 Å². The van der Waals surface area contributed by atoms with Gasteiger partial charge in [-0.3, -0.25) is 0 Å². The van der Waals surface area contributed by atoms with Crippen LogP contribution in [-0.4, -0.2) is 12.6 Å². The minimum absolute atomic E-state index is 0.266. The molecule has 1 aromatic heterocycles. The van der Waals surface area contributed by atoms with Gasteiger partial charge in [-0.25, -0.2) is 4.79 Å². The van der Waals surface area contributed by atoms with Gasteiger partial charge in [-0.2, -0.15) is 4.57 Å². The maximum atomic E-state index is 12.9. The number of hydrogen-bond acceptors (Lipinski definition) is 2. The maximum absolute atomic E-state index is 12.9. The highest BCUT2D eigenvalue weighted by Crippen LogP contribution is 2.25. The summed E-state index contributed by atoms with van der Waals surface area (Å²) in [6.45, 7) is 5.22. The Morgan fingerprint density at radius 2 is 1.45 bits per heavy atom. The average Bonchev–Trinajstić information content (AvgIpc) is 2.78. The first-order chi connectivity index (χ1) is 14.2. The molecule has 3 heteroatoms. The first-order valence-corrected chi connectivity index (χ1v) is 10.6. The van der Waals surface area contributed by atoms with Crippen LogP contribution in [0.15, 0.2) is 72.8 Å². The van der Waals surface area contributed by atoms with Gasteiger partial charge in [0.1, 0.15) is 6.54 Å². The second-order valence-corrected chi connectivity index (χ2v) is 7.18. The van der Waals surface area contributed by atoms with Gasteiger partial charge in [-0.15, -0.1) is 0 Å². The van der Waals surface area contributed by atoms with E-state index >= 15 is 0 Å². The summed E-state index contributed by atoms with van der Waals surface area (Å²) in [7, 11) is 0. The highest BCUT2D eigenvalue weighted by atomic mass is 16.5. The summed E-state index contributed by atoms with van der Waals surface area (Å²) < 4.78 is 7.55. The van der Waals surface area contributed by atoms with Gasteiger partial charge in [0.15, 0.2) is 0 Å². The number of unbranched alkanes of at least 4 members (excludes halogenated alkanes) is 3. The fourth-order valence-electron chi connectivity index (χ4n) is 3.58. The number of ether oxygens (including phenoxy) is 1. The minimum atomic E-state index is -0.266. The number of nitrogens with zero attached hydrogens (tertiary/aromatic N) is 1. The molecule has 0 aliphatic carbocycles. The van der Waals surface area contributed by atoms with Crippen molar-refractivity contribution in [2.45, 2.75) is 46.1 Å². The Kier molecular flexibility index (Phi) is 7.57. The molecule has 29 heavy (non-hydrogen) atoms. The number of carbonyl (C=O) groups is 1. The number of esters is 1. The summed E-state index contributed by atoms with van der Waals surface area (Å²) in [6, 6.07) is 24.6. The molecule has 0 amide bonds. The van der Waals surface area contributed by atoms with Gasteiger partial charge in [0.05, 0.1) is 6.61 Å². The molecule has 0 saturated heterocycles. The molecular formula is C26H30NO2+. The zero-order valence-electron chi connectivity index (χ0n) is 17.4. The Bertz CT molecular complexity index is 920. The van der Waals surface area contributed by atoms with Crippen molar-refractivity contribution in [1.82, 2.24) is 0 Å². The van der Waals surface area contributed by atoms with E-state index < -0.39 is 0 Å². The van der Waals surface area contributed by atoms with E-state index in [1.165, 1.54) is 12.8 Å². The Balaban J connectivity index is 2.15. The van der Waals surface area contributed by atoms with Crippen LogP contribution >= 0.6 is 0 Å². The van der Waals surface area contributed by atoms with Crippen molar-refractivity contribution >= 4 is 5.97 Å². The van der Waals surface area contributed by atoms with Gasteiger partial charge in [0, 0.05) is 24.1 Å². The largest absolute Gasteiger partial charge is 0.458 e. The van der Waals surface area contributed by atoms with Crippen LogP contribution in [0.3, 0.4) is 0 Å². The Morgan fingerprint density at radius 1 is 0.793 bits per heavy atom. The fraction of sp³-hybridized carbons (Fsp3) is 0.308. The molecular weight excluding hydrogens is 358 g/mol. The zero-order valence-corrected chi connectivity index (χ0v) is 17.4. The lowest BCUT2D eigenvalue weighted by molar-refractivity contribution is -0.689. The van der Waals surface area contributed by atoms with E-state index in [-0.39, 0.29) is 5.97 Å². The van der Waals surface area contributed by atoms with Crippen LogP contribution < -0.4 is 4.57 Å².